The Kier molecular flexibility index (Phi) is 5.29. The van der Waals surface area contributed by atoms with Crippen LogP contribution < -0.4 is 5.32 Å². The molecule has 0 aliphatic carbocycles. The Labute approximate surface area is 184 Å². The number of carbonyl (C=O) groups is 2. The minimum absolute atomic E-state index is 0.0192. The summed E-state index contributed by atoms with van der Waals surface area (Å²) < 4.78 is 1.52. The van der Waals surface area contributed by atoms with Gasteiger partial charge < -0.3 is 10.2 Å². The Hall–Kier alpha value is -4.14. The first-order valence-electron chi connectivity index (χ1n) is 10.5. The van der Waals surface area contributed by atoms with Crippen molar-refractivity contribution in [3.05, 3.63) is 78.6 Å². The van der Waals surface area contributed by atoms with E-state index in [2.05, 4.69) is 25.4 Å². The van der Waals surface area contributed by atoms with Gasteiger partial charge in [-0.1, -0.05) is 30.3 Å². The van der Waals surface area contributed by atoms with Gasteiger partial charge in [0.2, 0.25) is 5.82 Å². The fourth-order valence-electron chi connectivity index (χ4n) is 3.89. The molecule has 0 radical (unpaired) electrons. The Bertz CT molecular complexity index is 1250. The molecule has 9 heteroatoms. The van der Waals surface area contributed by atoms with Crippen LogP contribution in [0.1, 0.15) is 33.8 Å². The Balaban J connectivity index is 1.29. The largest absolute Gasteiger partial charge is 0.346 e. The number of fused-ring (bicyclic) bond motifs is 1. The van der Waals surface area contributed by atoms with Gasteiger partial charge in [0.15, 0.2) is 5.82 Å². The average molecular weight is 427 g/mol. The van der Waals surface area contributed by atoms with E-state index in [0.717, 1.165) is 5.39 Å². The van der Waals surface area contributed by atoms with Gasteiger partial charge in [-0.3, -0.25) is 9.59 Å². The third-order valence-corrected chi connectivity index (χ3v) is 5.56. The second-order valence-electron chi connectivity index (χ2n) is 7.63. The summed E-state index contributed by atoms with van der Waals surface area (Å²) in [7, 11) is 0. The number of nitrogens with one attached hydrogen (secondary N) is 1. The fraction of sp³-hybridized carbons (Fsp3) is 0.217. The second-order valence-corrected chi connectivity index (χ2v) is 7.63. The van der Waals surface area contributed by atoms with Crippen LogP contribution in [-0.4, -0.2) is 60.6 Å². The summed E-state index contributed by atoms with van der Waals surface area (Å²) in [5.41, 5.74) is 1.33. The number of aromatic nitrogens is 5. The smallest absolute Gasteiger partial charge is 0.289 e. The van der Waals surface area contributed by atoms with E-state index in [1.54, 1.807) is 0 Å². The summed E-state index contributed by atoms with van der Waals surface area (Å²) in [5.74, 6) is 0.259. The highest BCUT2D eigenvalue weighted by molar-refractivity contribution is 5.95. The number of carbonyl (C=O) groups excluding carboxylic acids is 2. The predicted molar refractivity (Wildman–Crippen MR) is 117 cm³/mol. The highest BCUT2D eigenvalue weighted by atomic mass is 16.2. The topological polar surface area (TPSA) is 106 Å². The molecule has 3 heterocycles. The number of rotatable bonds is 4. The van der Waals surface area contributed by atoms with Crippen molar-refractivity contribution in [2.45, 2.75) is 18.9 Å². The van der Waals surface area contributed by atoms with Crippen molar-refractivity contribution in [1.82, 2.24) is 34.9 Å². The zero-order valence-corrected chi connectivity index (χ0v) is 17.3. The lowest BCUT2D eigenvalue weighted by Crippen LogP contribution is -2.46. The van der Waals surface area contributed by atoms with E-state index in [-0.39, 0.29) is 23.7 Å². The lowest BCUT2D eigenvalue weighted by Gasteiger charge is -2.32. The maximum absolute atomic E-state index is 13.0. The molecule has 0 atom stereocenters. The minimum Gasteiger partial charge on any atom is -0.346 e. The van der Waals surface area contributed by atoms with Gasteiger partial charge in [0.1, 0.15) is 12.7 Å². The summed E-state index contributed by atoms with van der Waals surface area (Å²) in [4.78, 5) is 40.3. The Morgan fingerprint density at radius 2 is 1.69 bits per heavy atom. The summed E-state index contributed by atoms with van der Waals surface area (Å²) in [5, 5.41) is 7.95. The lowest BCUT2D eigenvalue weighted by molar-refractivity contribution is 0.0697. The number of hydrogen-bond donors (Lipinski definition) is 1. The van der Waals surface area contributed by atoms with Crippen molar-refractivity contribution in [1.29, 1.82) is 0 Å². The molecule has 2 aromatic carbocycles. The van der Waals surface area contributed by atoms with Crippen LogP contribution >= 0.6 is 0 Å². The van der Waals surface area contributed by atoms with Gasteiger partial charge in [-0.15, -0.1) is 0 Å². The summed E-state index contributed by atoms with van der Waals surface area (Å²) >= 11 is 0. The molecule has 1 fully saturated rings. The van der Waals surface area contributed by atoms with Crippen LogP contribution in [0.15, 0.2) is 67.3 Å². The van der Waals surface area contributed by atoms with Crippen LogP contribution in [-0.2, 0) is 0 Å². The average Bonchev–Trinajstić information content (AvgIpc) is 3.39. The number of benzene rings is 2. The van der Waals surface area contributed by atoms with E-state index in [1.165, 1.54) is 17.3 Å². The van der Waals surface area contributed by atoms with Crippen molar-refractivity contribution in [2.75, 3.05) is 13.1 Å². The standard InChI is InChI=1S/C23H21N7O2/c31-22(26-17-10-12-29(13-11-17)23(32)16-6-2-1-3-7-16)20-27-19-9-5-4-8-18(19)21(28-20)30-15-24-14-25-30/h1-9,14-15,17H,10-13H2,(H,26,31). The van der Waals surface area contributed by atoms with Gasteiger partial charge in [-0.2, -0.15) is 5.10 Å². The van der Waals surface area contributed by atoms with Gasteiger partial charge in [-0.05, 0) is 37.1 Å². The SMILES string of the molecule is O=C(NC1CCN(C(=O)c2ccccc2)CC1)c1nc(-n2cncn2)c2ccccc2n1. The molecule has 9 nitrogen and oxygen atoms in total. The molecule has 1 saturated heterocycles. The minimum atomic E-state index is -0.343. The number of amides is 2. The molecule has 0 unspecified atom stereocenters. The van der Waals surface area contributed by atoms with Crippen molar-refractivity contribution in [3.63, 3.8) is 0 Å². The Morgan fingerprint density at radius 1 is 0.938 bits per heavy atom. The van der Waals surface area contributed by atoms with Gasteiger partial charge in [0, 0.05) is 30.1 Å². The predicted octanol–water partition coefficient (Wildman–Crippen LogP) is 2.25. The molecular formula is C23H21N7O2. The molecule has 4 aromatic rings. The molecule has 1 N–H and O–H groups in total. The fourth-order valence-corrected chi connectivity index (χ4v) is 3.89. The second kappa shape index (κ2) is 8.54. The maximum atomic E-state index is 13.0. The third-order valence-electron chi connectivity index (χ3n) is 5.56. The van der Waals surface area contributed by atoms with E-state index in [4.69, 9.17) is 0 Å². The normalized spacial score (nSPS) is 14.4. The zero-order valence-electron chi connectivity index (χ0n) is 17.3. The van der Waals surface area contributed by atoms with Crippen molar-refractivity contribution < 1.29 is 9.59 Å². The molecule has 0 bridgehead atoms. The highest BCUT2D eigenvalue weighted by Crippen LogP contribution is 2.19. The van der Waals surface area contributed by atoms with E-state index in [0.29, 0.717) is 42.8 Å². The maximum Gasteiger partial charge on any atom is 0.289 e. The number of para-hydroxylation sites is 1. The van der Waals surface area contributed by atoms with Gasteiger partial charge in [0.05, 0.1) is 5.52 Å². The number of likely N-dealkylation sites (tertiary alicyclic amines) is 1. The molecule has 32 heavy (non-hydrogen) atoms. The first kappa shape index (κ1) is 19.8. The van der Waals surface area contributed by atoms with E-state index < -0.39 is 0 Å². The summed E-state index contributed by atoms with van der Waals surface area (Å²) in [6, 6.07) is 16.7. The van der Waals surface area contributed by atoms with Crippen LogP contribution in [0.2, 0.25) is 0 Å². The van der Waals surface area contributed by atoms with E-state index >= 15 is 0 Å². The molecule has 0 saturated carbocycles. The lowest BCUT2D eigenvalue weighted by atomic mass is 10.0. The van der Waals surface area contributed by atoms with E-state index in [9.17, 15) is 9.59 Å². The van der Waals surface area contributed by atoms with Crippen molar-refractivity contribution >= 4 is 22.7 Å². The first-order chi connectivity index (χ1) is 15.7. The number of nitrogens with zero attached hydrogens (tertiary/aromatic N) is 6. The molecule has 1 aliphatic heterocycles. The first-order valence-corrected chi connectivity index (χ1v) is 10.5. The molecule has 2 amide bonds. The van der Waals surface area contributed by atoms with Crippen LogP contribution in [0.5, 0.6) is 0 Å². The molecule has 1 aliphatic rings. The molecule has 5 rings (SSSR count). The van der Waals surface area contributed by atoms with Crippen molar-refractivity contribution in [2.24, 2.45) is 0 Å². The van der Waals surface area contributed by atoms with Gasteiger partial charge in [0.25, 0.3) is 11.8 Å². The molecule has 160 valence electrons. The van der Waals surface area contributed by atoms with E-state index in [1.807, 2.05) is 59.5 Å². The van der Waals surface area contributed by atoms with Gasteiger partial charge >= 0.3 is 0 Å². The third kappa shape index (κ3) is 3.92. The quantitative estimate of drug-likeness (QED) is 0.535. The summed E-state index contributed by atoms with van der Waals surface area (Å²) in [6.07, 6.45) is 4.30. The summed E-state index contributed by atoms with van der Waals surface area (Å²) in [6.45, 7) is 1.17. The highest BCUT2D eigenvalue weighted by Gasteiger charge is 2.26. The van der Waals surface area contributed by atoms with Crippen LogP contribution in [0.25, 0.3) is 16.7 Å². The number of hydrogen-bond acceptors (Lipinski definition) is 6. The van der Waals surface area contributed by atoms with Crippen LogP contribution in [0.3, 0.4) is 0 Å². The molecule has 0 spiro atoms. The number of piperidine rings is 1. The Morgan fingerprint density at radius 3 is 2.44 bits per heavy atom. The zero-order chi connectivity index (χ0) is 21.9. The van der Waals surface area contributed by atoms with Gasteiger partial charge in [-0.25, -0.2) is 19.6 Å². The van der Waals surface area contributed by atoms with Crippen LogP contribution in [0.4, 0.5) is 0 Å². The van der Waals surface area contributed by atoms with Crippen molar-refractivity contribution in [3.8, 4) is 5.82 Å². The molecule has 2 aromatic heterocycles. The monoisotopic (exact) mass is 427 g/mol. The van der Waals surface area contributed by atoms with Crippen LogP contribution in [0, 0.1) is 0 Å². The molecular weight excluding hydrogens is 406 g/mol.